The van der Waals surface area contributed by atoms with E-state index in [4.69, 9.17) is 0 Å². The summed E-state index contributed by atoms with van der Waals surface area (Å²) in [5.74, 6) is 0.716. The van der Waals surface area contributed by atoms with Gasteiger partial charge in [0.2, 0.25) is 0 Å². The van der Waals surface area contributed by atoms with Gasteiger partial charge in [-0.3, -0.25) is 4.98 Å². The smallest absolute Gasteiger partial charge is 0.0416 e. The summed E-state index contributed by atoms with van der Waals surface area (Å²) in [6.45, 7) is 13.6. The fourth-order valence-electron chi connectivity index (χ4n) is 2.54. The molecule has 1 N–H and O–H groups in total. The van der Waals surface area contributed by atoms with Gasteiger partial charge in [0.05, 0.1) is 0 Å². The molecule has 120 valence electrons. The predicted molar refractivity (Wildman–Crippen MR) is 91.5 cm³/mol. The standard InChI is InChI=1S/C18H33N3/c1-6-18(4,14-19-13-16(2)3)15-21(5)12-10-17-9-7-8-11-20-17/h7-9,11,16,19H,6,10,12-15H2,1-5H3. The van der Waals surface area contributed by atoms with E-state index in [0.29, 0.717) is 11.3 Å². The van der Waals surface area contributed by atoms with Gasteiger partial charge in [0.25, 0.3) is 0 Å². The zero-order valence-electron chi connectivity index (χ0n) is 14.5. The molecule has 0 saturated carbocycles. The lowest BCUT2D eigenvalue weighted by Gasteiger charge is -2.33. The summed E-state index contributed by atoms with van der Waals surface area (Å²) in [7, 11) is 2.22. The summed E-state index contributed by atoms with van der Waals surface area (Å²) in [4.78, 5) is 6.84. The predicted octanol–water partition coefficient (Wildman–Crippen LogP) is 3.22. The molecule has 0 aliphatic rings. The van der Waals surface area contributed by atoms with E-state index in [1.165, 1.54) is 12.1 Å². The van der Waals surface area contributed by atoms with Crippen molar-refractivity contribution in [2.45, 2.75) is 40.5 Å². The topological polar surface area (TPSA) is 28.2 Å². The summed E-state index contributed by atoms with van der Waals surface area (Å²) in [5, 5.41) is 3.62. The van der Waals surface area contributed by atoms with E-state index >= 15 is 0 Å². The highest BCUT2D eigenvalue weighted by molar-refractivity contribution is 5.03. The number of nitrogens with zero attached hydrogens (tertiary/aromatic N) is 2. The van der Waals surface area contributed by atoms with Gasteiger partial charge in [-0.05, 0) is 43.5 Å². The highest BCUT2D eigenvalue weighted by Crippen LogP contribution is 2.21. The highest BCUT2D eigenvalue weighted by atomic mass is 15.1. The normalized spacial score (nSPS) is 14.6. The van der Waals surface area contributed by atoms with Crippen LogP contribution >= 0.6 is 0 Å². The van der Waals surface area contributed by atoms with E-state index in [0.717, 1.165) is 32.6 Å². The van der Waals surface area contributed by atoms with Gasteiger partial charge in [-0.1, -0.05) is 33.8 Å². The first-order valence-corrected chi connectivity index (χ1v) is 8.24. The number of nitrogens with one attached hydrogen (secondary N) is 1. The molecule has 0 aromatic carbocycles. The molecule has 1 unspecified atom stereocenters. The van der Waals surface area contributed by atoms with E-state index in [-0.39, 0.29) is 0 Å². The summed E-state index contributed by atoms with van der Waals surface area (Å²) in [6, 6.07) is 6.15. The van der Waals surface area contributed by atoms with Crippen molar-refractivity contribution < 1.29 is 0 Å². The largest absolute Gasteiger partial charge is 0.316 e. The quantitative estimate of drug-likeness (QED) is 0.717. The zero-order valence-corrected chi connectivity index (χ0v) is 14.5. The molecule has 1 aromatic heterocycles. The van der Waals surface area contributed by atoms with Crippen LogP contribution in [0, 0.1) is 11.3 Å². The van der Waals surface area contributed by atoms with Crippen molar-refractivity contribution >= 4 is 0 Å². The third kappa shape index (κ3) is 7.58. The van der Waals surface area contributed by atoms with Crippen LogP contribution in [0.5, 0.6) is 0 Å². The van der Waals surface area contributed by atoms with E-state index in [2.05, 4.69) is 62.1 Å². The third-order valence-corrected chi connectivity index (χ3v) is 4.09. The Hall–Kier alpha value is -0.930. The molecule has 0 fully saturated rings. The summed E-state index contributed by atoms with van der Waals surface area (Å²) in [6.07, 6.45) is 4.10. The summed E-state index contributed by atoms with van der Waals surface area (Å²) >= 11 is 0. The minimum atomic E-state index is 0.341. The first-order valence-electron chi connectivity index (χ1n) is 8.24. The Labute approximate surface area is 131 Å². The van der Waals surface area contributed by atoms with Crippen molar-refractivity contribution in [3.05, 3.63) is 30.1 Å². The Balaban J connectivity index is 2.36. The molecule has 1 atom stereocenters. The number of hydrogen-bond acceptors (Lipinski definition) is 3. The van der Waals surface area contributed by atoms with E-state index < -0.39 is 0 Å². The fraction of sp³-hybridized carbons (Fsp3) is 0.722. The molecule has 21 heavy (non-hydrogen) atoms. The molecule has 0 amide bonds. The summed E-state index contributed by atoms with van der Waals surface area (Å²) in [5.41, 5.74) is 1.52. The molecule has 0 saturated heterocycles. The molecule has 0 aliphatic carbocycles. The second-order valence-corrected chi connectivity index (χ2v) is 7.00. The molecule has 0 radical (unpaired) electrons. The Morgan fingerprint density at radius 1 is 1.33 bits per heavy atom. The average molecular weight is 291 g/mol. The number of hydrogen-bond donors (Lipinski definition) is 1. The number of pyridine rings is 1. The van der Waals surface area contributed by atoms with Gasteiger partial charge < -0.3 is 10.2 Å². The van der Waals surface area contributed by atoms with E-state index in [1.54, 1.807) is 0 Å². The van der Waals surface area contributed by atoms with Crippen LogP contribution < -0.4 is 5.32 Å². The third-order valence-electron chi connectivity index (χ3n) is 4.09. The highest BCUT2D eigenvalue weighted by Gasteiger charge is 2.23. The molecule has 0 bridgehead atoms. The maximum atomic E-state index is 4.40. The van der Waals surface area contributed by atoms with Crippen LogP contribution in [-0.2, 0) is 6.42 Å². The number of likely N-dealkylation sites (N-methyl/N-ethyl adjacent to an activating group) is 1. The van der Waals surface area contributed by atoms with Crippen molar-refractivity contribution in [2.24, 2.45) is 11.3 Å². The molecule has 0 aliphatic heterocycles. The fourth-order valence-corrected chi connectivity index (χ4v) is 2.54. The van der Waals surface area contributed by atoms with Gasteiger partial charge in [0.1, 0.15) is 0 Å². The monoisotopic (exact) mass is 291 g/mol. The number of rotatable bonds is 10. The zero-order chi connectivity index (χ0) is 15.7. The molecule has 1 rings (SSSR count). The van der Waals surface area contributed by atoms with Crippen molar-refractivity contribution in [1.29, 1.82) is 0 Å². The van der Waals surface area contributed by atoms with Crippen LogP contribution in [0.3, 0.4) is 0 Å². The average Bonchev–Trinajstić information content (AvgIpc) is 2.46. The minimum Gasteiger partial charge on any atom is -0.316 e. The first kappa shape index (κ1) is 18.1. The van der Waals surface area contributed by atoms with Gasteiger partial charge in [-0.15, -0.1) is 0 Å². The maximum absolute atomic E-state index is 4.40. The Kier molecular flexibility index (Phi) is 7.91. The molecular formula is C18H33N3. The molecule has 1 aromatic rings. The van der Waals surface area contributed by atoms with Crippen molar-refractivity contribution in [2.75, 3.05) is 33.2 Å². The SMILES string of the molecule is CCC(C)(CNCC(C)C)CN(C)CCc1ccccn1. The van der Waals surface area contributed by atoms with Crippen LogP contribution in [0.2, 0.25) is 0 Å². The lowest BCUT2D eigenvalue weighted by molar-refractivity contribution is 0.180. The lowest BCUT2D eigenvalue weighted by Crippen LogP contribution is -2.42. The Morgan fingerprint density at radius 2 is 2.10 bits per heavy atom. The second-order valence-electron chi connectivity index (χ2n) is 7.00. The number of aromatic nitrogens is 1. The molecule has 1 heterocycles. The lowest BCUT2D eigenvalue weighted by atomic mass is 9.86. The maximum Gasteiger partial charge on any atom is 0.0416 e. The van der Waals surface area contributed by atoms with Gasteiger partial charge >= 0.3 is 0 Å². The van der Waals surface area contributed by atoms with Crippen LogP contribution in [0.4, 0.5) is 0 Å². The van der Waals surface area contributed by atoms with E-state index in [9.17, 15) is 0 Å². The van der Waals surface area contributed by atoms with Gasteiger partial charge in [-0.2, -0.15) is 0 Å². The van der Waals surface area contributed by atoms with Crippen LogP contribution in [0.15, 0.2) is 24.4 Å². The van der Waals surface area contributed by atoms with Crippen molar-refractivity contribution in [1.82, 2.24) is 15.2 Å². The van der Waals surface area contributed by atoms with Crippen molar-refractivity contribution in [3.63, 3.8) is 0 Å². The van der Waals surface area contributed by atoms with Crippen molar-refractivity contribution in [3.8, 4) is 0 Å². The molecule has 0 spiro atoms. The first-order chi connectivity index (χ1) is 9.95. The van der Waals surface area contributed by atoms with Gasteiger partial charge in [-0.25, -0.2) is 0 Å². The molecule has 3 heteroatoms. The molecule has 3 nitrogen and oxygen atoms in total. The van der Waals surface area contributed by atoms with Crippen LogP contribution in [-0.4, -0.2) is 43.1 Å². The van der Waals surface area contributed by atoms with Crippen LogP contribution in [0.1, 0.15) is 39.8 Å². The Morgan fingerprint density at radius 3 is 2.67 bits per heavy atom. The van der Waals surface area contributed by atoms with E-state index in [1.807, 2.05) is 12.3 Å². The summed E-state index contributed by atoms with van der Waals surface area (Å²) < 4.78 is 0. The Bertz CT molecular complexity index is 377. The van der Waals surface area contributed by atoms with Crippen LogP contribution in [0.25, 0.3) is 0 Å². The molecular weight excluding hydrogens is 258 g/mol. The second kappa shape index (κ2) is 9.16. The van der Waals surface area contributed by atoms with Gasteiger partial charge in [0.15, 0.2) is 0 Å². The van der Waals surface area contributed by atoms with Gasteiger partial charge in [0, 0.05) is 37.9 Å². The minimum absolute atomic E-state index is 0.341.